The van der Waals surface area contributed by atoms with Gasteiger partial charge in [-0.15, -0.1) is 0 Å². The van der Waals surface area contributed by atoms with Crippen molar-refractivity contribution in [1.29, 1.82) is 0 Å². The van der Waals surface area contributed by atoms with Crippen LogP contribution >= 0.6 is 0 Å². The minimum Gasteiger partial charge on any atom is -0.459 e. The lowest BCUT2D eigenvalue weighted by molar-refractivity contribution is -0.149. The van der Waals surface area contributed by atoms with Crippen molar-refractivity contribution < 1.29 is 19.1 Å². The number of imide groups is 1. The largest absolute Gasteiger partial charge is 0.459 e. The zero-order chi connectivity index (χ0) is 18.9. The summed E-state index contributed by atoms with van der Waals surface area (Å²) in [5.41, 5.74) is 2.20. The van der Waals surface area contributed by atoms with Crippen LogP contribution in [0, 0.1) is 19.8 Å². The van der Waals surface area contributed by atoms with Gasteiger partial charge in [-0.2, -0.15) is 0 Å². The van der Waals surface area contributed by atoms with E-state index in [1.54, 1.807) is 0 Å². The number of benzene rings is 1. The number of hydrogen-bond donors (Lipinski definition) is 1. The number of rotatable bonds is 4. The van der Waals surface area contributed by atoms with Crippen LogP contribution in [0.15, 0.2) is 18.2 Å². The van der Waals surface area contributed by atoms with Crippen molar-refractivity contribution in [3.8, 4) is 0 Å². The number of ether oxygens (including phenoxy) is 1. The molecule has 1 spiro atoms. The van der Waals surface area contributed by atoms with Gasteiger partial charge in [0.15, 0.2) is 0 Å². The van der Waals surface area contributed by atoms with Gasteiger partial charge < -0.3 is 10.1 Å². The summed E-state index contributed by atoms with van der Waals surface area (Å²) in [7, 11) is 0. The van der Waals surface area contributed by atoms with Gasteiger partial charge >= 0.3 is 12.0 Å². The van der Waals surface area contributed by atoms with Crippen LogP contribution in [0.25, 0.3) is 0 Å². The molecule has 3 rings (SSSR count). The first kappa shape index (κ1) is 18.4. The molecule has 0 aromatic heterocycles. The van der Waals surface area contributed by atoms with E-state index in [-0.39, 0.29) is 25.0 Å². The number of amides is 3. The first-order valence-electron chi connectivity index (χ1n) is 9.19. The fourth-order valence-corrected chi connectivity index (χ4v) is 3.93. The molecule has 26 heavy (non-hydrogen) atoms. The summed E-state index contributed by atoms with van der Waals surface area (Å²) in [5.74, 6) is -0.794. The van der Waals surface area contributed by atoms with Gasteiger partial charge in [-0.3, -0.25) is 14.5 Å². The lowest BCUT2D eigenvalue weighted by Crippen LogP contribution is -2.54. The number of aryl methyl sites for hydroxylation is 2. The van der Waals surface area contributed by atoms with Crippen molar-refractivity contribution in [3.63, 3.8) is 0 Å². The predicted octanol–water partition coefficient (Wildman–Crippen LogP) is 2.85. The summed E-state index contributed by atoms with van der Waals surface area (Å²) in [4.78, 5) is 38.4. The molecule has 6 nitrogen and oxygen atoms in total. The first-order valence-corrected chi connectivity index (χ1v) is 9.19. The normalized spacial score (nSPS) is 25.5. The molecule has 1 saturated heterocycles. The van der Waals surface area contributed by atoms with Crippen molar-refractivity contribution in [2.75, 3.05) is 6.54 Å². The number of carbonyl (C=O) groups excluding carboxylic acids is 3. The molecule has 0 unspecified atom stereocenters. The predicted molar refractivity (Wildman–Crippen MR) is 96.3 cm³/mol. The maximum absolute atomic E-state index is 12.8. The van der Waals surface area contributed by atoms with Crippen LogP contribution in [-0.2, 0) is 20.9 Å². The number of urea groups is 1. The van der Waals surface area contributed by atoms with Gasteiger partial charge in [0.2, 0.25) is 0 Å². The molecular weight excluding hydrogens is 332 g/mol. The molecule has 1 heterocycles. The Labute approximate surface area is 153 Å². The number of hydrogen-bond acceptors (Lipinski definition) is 4. The molecule has 1 aliphatic carbocycles. The van der Waals surface area contributed by atoms with Gasteiger partial charge in [0.25, 0.3) is 5.91 Å². The van der Waals surface area contributed by atoms with Gasteiger partial charge in [-0.25, -0.2) is 4.79 Å². The highest BCUT2D eigenvalue weighted by atomic mass is 16.5. The summed E-state index contributed by atoms with van der Waals surface area (Å²) in [6.45, 7) is 5.71. The summed E-state index contributed by atoms with van der Waals surface area (Å²) in [6, 6.07) is 5.45. The SMILES string of the molecule is Cc1ccc(C)c(COC(=O)CN2C(=O)N[C@@]3(CCCC[C@H]3C)C2=O)c1. The molecular formula is C20H26N2O4. The van der Waals surface area contributed by atoms with E-state index in [1.807, 2.05) is 39.0 Å². The molecule has 2 aliphatic rings. The van der Waals surface area contributed by atoms with Crippen LogP contribution in [-0.4, -0.2) is 34.9 Å². The molecule has 2 fully saturated rings. The Hall–Kier alpha value is -2.37. The molecule has 1 aromatic carbocycles. The first-order chi connectivity index (χ1) is 12.3. The average molecular weight is 358 g/mol. The van der Waals surface area contributed by atoms with Gasteiger partial charge in [0, 0.05) is 0 Å². The van der Waals surface area contributed by atoms with E-state index >= 15 is 0 Å². The Morgan fingerprint density at radius 3 is 2.81 bits per heavy atom. The highest BCUT2D eigenvalue weighted by Gasteiger charge is 2.55. The van der Waals surface area contributed by atoms with Crippen LogP contribution in [0.3, 0.4) is 0 Å². The molecule has 1 aromatic rings. The Morgan fingerprint density at radius 1 is 1.31 bits per heavy atom. The van der Waals surface area contributed by atoms with Crippen LogP contribution in [0.2, 0.25) is 0 Å². The third-order valence-electron chi connectivity index (χ3n) is 5.68. The van der Waals surface area contributed by atoms with E-state index in [0.717, 1.165) is 40.9 Å². The van der Waals surface area contributed by atoms with Crippen LogP contribution in [0.1, 0.15) is 49.3 Å². The Bertz CT molecular complexity index is 745. The van der Waals surface area contributed by atoms with Crippen LogP contribution in [0.4, 0.5) is 4.79 Å². The van der Waals surface area contributed by atoms with Crippen molar-refractivity contribution in [3.05, 3.63) is 34.9 Å². The highest BCUT2D eigenvalue weighted by Crippen LogP contribution is 2.38. The van der Waals surface area contributed by atoms with Gasteiger partial charge in [-0.05, 0) is 43.7 Å². The molecule has 1 saturated carbocycles. The number of esters is 1. The molecule has 140 valence electrons. The molecule has 1 aliphatic heterocycles. The summed E-state index contributed by atoms with van der Waals surface area (Å²) >= 11 is 0. The molecule has 6 heteroatoms. The van der Waals surface area contributed by atoms with Crippen molar-refractivity contribution in [2.24, 2.45) is 5.92 Å². The molecule has 1 N–H and O–H groups in total. The van der Waals surface area contributed by atoms with E-state index in [4.69, 9.17) is 4.74 Å². The average Bonchev–Trinajstić information content (AvgIpc) is 2.83. The molecule has 0 radical (unpaired) electrons. The van der Waals surface area contributed by atoms with Crippen molar-refractivity contribution in [2.45, 2.75) is 58.6 Å². The minimum absolute atomic E-state index is 0.0728. The smallest absolute Gasteiger partial charge is 0.326 e. The van der Waals surface area contributed by atoms with E-state index in [0.29, 0.717) is 6.42 Å². The van der Waals surface area contributed by atoms with E-state index in [2.05, 4.69) is 5.32 Å². The summed E-state index contributed by atoms with van der Waals surface area (Å²) in [6.07, 6.45) is 3.49. The lowest BCUT2D eigenvalue weighted by atomic mass is 9.73. The zero-order valence-electron chi connectivity index (χ0n) is 15.6. The second kappa shape index (κ2) is 7.09. The van der Waals surface area contributed by atoms with Crippen LogP contribution in [0.5, 0.6) is 0 Å². The zero-order valence-corrected chi connectivity index (χ0v) is 15.6. The van der Waals surface area contributed by atoms with Gasteiger partial charge in [0.05, 0.1) is 0 Å². The van der Waals surface area contributed by atoms with Crippen molar-refractivity contribution in [1.82, 2.24) is 10.2 Å². The number of carbonyl (C=O) groups is 3. The van der Waals surface area contributed by atoms with Gasteiger partial charge in [0.1, 0.15) is 18.7 Å². The van der Waals surface area contributed by atoms with E-state index in [9.17, 15) is 14.4 Å². The topological polar surface area (TPSA) is 75.7 Å². The lowest BCUT2D eigenvalue weighted by Gasteiger charge is -2.36. The standard InChI is InChI=1S/C20H26N2O4/c1-13-7-8-14(2)16(10-13)12-26-17(23)11-22-18(24)20(21-19(22)25)9-5-4-6-15(20)3/h7-8,10,15H,4-6,9,11-12H2,1-3H3,(H,21,25)/t15-,20-/m1/s1. The number of nitrogens with one attached hydrogen (secondary N) is 1. The summed E-state index contributed by atoms with van der Waals surface area (Å²) in [5, 5.41) is 2.84. The fraction of sp³-hybridized carbons (Fsp3) is 0.550. The highest BCUT2D eigenvalue weighted by molar-refractivity contribution is 6.08. The fourth-order valence-electron chi connectivity index (χ4n) is 3.93. The number of nitrogens with zero attached hydrogens (tertiary/aromatic N) is 1. The Morgan fingerprint density at radius 2 is 2.08 bits per heavy atom. The third-order valence-corrected chi connectivity index (χ3v) is 5.68. The van der Waals surface area contributed by atoms with Gasteiger partial charge in [-0.1, -0.05) is 43.5 Å². The molecule has 0 bridgehead atoms. The Balaban J connectivity index is 1.63. The second-order valence-corrected chi connectivity index (χ2v) is 7.53. The third kappa shape index (κ3) is 3.32. The molecule has 2 atom stereocenters. The van der Waals surface area contributed by atoms with E-state index < -0.39 is 17.5 Å². The van der Waals surface area contributed by atoms with Crippen LogP contribution < -0.4 is 5.32 Å². The quantitative estimate of drug-likeness (QED) is 0.663. The molecule has 3 amide bonds. The minimum atomic E-state index is -0.845. The van der Waals surface area contributed by atoms with E-state index in [1.165, 1.54) is 0 Å². The summed E-state index contributed by atoms with van der Waals surface area (Å²) < 4.78 is 5.31. The monoisotopic (exact) mass is 358 g/mol. The Kier molecular flexibility index (Phi) is 5.03. The second-order valence-electron chi connectivity index (χ2n) is 7.53. The maximum atomic E-state index is 12.8. The van der Waals surface area contributed by atoms with Crippen molar-refractivity contribution >= 4 is 17.9 Å². The maximum Gasteiger partial charge on any atom is 0.326 e.